The largest absolute Gasteiger partial charge is 0.396 e. The van der Waals surface area contributed by atoms with Crippen LogP contribution in [0.25, 0.3) is 0 Å². The molecular weight excluding hydrogens is 302 g/mol. The van der Waals surface area contributed by atoms with Crippen molar-refractivity contribution in [2.24, 2.45) is 5.41 Å². The summed E-state index contributed by atoms with van der Waals surface area (Å²) in [4.78, 5) is 5.25. The van der Waals surface area contributed by atoms with Gasteiger partial charge in [-0.05, 0) is 44.2 Å². The predicted octanol–water partition coefficient (Wildman–Crippen LogP) is 1.57. The zero-order chi connectivity index (χ0) is 17.0. The van der Waals surface area contributed by atoms with Crippen molar-refractivity contribution in [2.75, 3.05) is 45.9 Å². The highest BCUT2D eigenvalue weighted by Crippen LogP contribution is 2.26. The minimum absolute atomic E-state index is 0.142. The van der Waals surface area contributed by atoms with Crippen molar-refractivity contribution in [2.45, 2.75) is 52.0 Å². The van der Waals surface area contributed by atoms with Crippen LogP contribution in [0.3, 0.4) is 0 Å². The van der Waals surface area contributed by atoms with E-state index in [-0.39, 0.29) is 6.61 Å². The molecule has 0 atom stereocenters. The molecule has 1 N–H and O–H groups in total. The van der Waals surface area contributed by atoms with Gasteiger partial charge in [0.1, 0.15) is 0 Å². The molecule has 2 aliphatic rings. The van der Waals surface area contributed by atoms with Crippen LogP contribution >= 0.6 is 0 Å². The van der Waals surface area contributed by atoms with Gasteiger partial charge in [-0.2, -0.15) is 0 Å². The van der Waals surface area contributed by atoms with Crippen molar-refractivity contribution >= 4 is 0 Å². The van der Waals surface area contributed by atoms with E-state index in [1.807, 2.05) is 10.9 Å². The molecule has 0 aromatic carbocycles. The number of hydrogen-bond acceptors (Lipinski definition) is 5. The van der Waals surface area contributed by atoms with E-state index in [4.69, 9.17) is 5.11 Å². The third kappa shape index (κ3) is 4.77. The minimum Gasteiger partial charge on any atom is -0.396 e. The number of hydrogen-bond donors (Lipinski definition) is 1. The molecule has 0 spiro atoms. The van der Waals surface area contributed by atoms with Crippen molar-refractivity contribution in [3.05, 3.63) is 11.9 Å². The number of aliphatic hydroxyl groups is 1. The van der Waals surface area contributed by atoms with Crippen LogP contribution in [-0.4, -0.2) is 75.8 Å². The van der Waals surface area contributed by atoms with Gasteiger partial charge in [-0.1, -0.05) is 19.1 Å². The molecule has 0 bridgehead atoms. The van der Waals surface area contributed by atoms with E-state index < -0.39 is 0 Å². The van der Waals surface area contributed by atoms with E-state index in [9.17, 15) is 0 Å². The number of rotatable bonds is 7. The maximum atomic E-state index is 9.00. The topological polar surface area (TPSA) is 57.4 Å². The van der Waals surface area contributed by atoms with Gasteiger partial charge in [-0.3, -0.25) is 0 Å². The number of aliphatic hydroxyl groups excluding tert-OH is 1. The van der Waals surface area contributed by atoms with Crippen LogP contribution in [0, 0.1) is 5.41 Å². The molecule has 2 fully saturated rings. The Bertz CT molecular complexity index is 501. The standard InChI is InChI=1S/C18H33N5O/c1-18(2,14-21-8-3-4-9-21)15-22-10-5-17(6-11-22)23-13-16(7-12-24)19-20-23/h13,17,24H,3-12,14-15H2,1-2H3. The summed E-state index contributed by atoms with van der Waals surface area (Å²) in [5.41, 5.74) is 1.25. The van der Waals surface area contributed by atoms with Gasteiger partial charge < -0.3 is 14.9 Å². The van der Waals surface area contributed by atoms with Crippen LogP contribution in [0.4, 0.5) is 0 Å². The molecule has 2 aliphatic heterocycles. The van der Waals surface area contributed by atoms with Crippen molar-refractivity contribution in [1.82, 2.24) is 24.8 Å². The number of aromatic nitrogens is 3. The van der Waals surface area contributed by atoms with Crippen molar-refractivity contribution < 1.29 is 5.11 Å². The van der Waals surface area contributed by atoms with Crippen LogP contribution in [0.5, 0.6) is 0 Å². The van der Waals surface area contributed by atoms with Gasteiger partial charge in [0.25, 0.3) is 0 Å². The summed E-state index contributed by atoms with van der Waals surface area (Å²) in [6, 6.07) is 0.461. The third-order valence-electron chi connectivity index (χ3n) is 5.36. The Morgan fingerprint density at radius 1 is 1.08 bits per heavy atom. The second-order valence-electron chi connectivity index (χ2n) is 8.32. The quantitative estimate of drug-likeness (QED) is 0.820. The van der Waals surface area contributed by atoms with E-state index in [2.05, 4.69) is 34.0 Å². The summed E-state index contributed by atoms with van der Waals surface area (Å²) in [7, 11) is 0. The third-order valence-corrected chi connectivity index (χ3v) is 5.36. The molecule has 24 heavy (non-hydrogen) atoms. The molecule has 1 aromatic heterocycles. The zero-order valence-corrected chi connectivity index (χ0v) is 15.3. The van der Waals surface area contributed by atoms with Gasteiger partial charge in [-0.25, -0.2) is 4.68 Å². The summed E-state index contributed by atoms with van der Waals surface area (Å²) in [5, 5.41) is 17.4. The Kier molecular flexibility index (Phi) is 5.89. The summed E-state index contributed by atoms with van der Waals surface area (Å²) >= 11 is 0. The van der Waals surface area contributed by atoms with Crippen LogP contribution in [-0.2, 0) is 6.42 Å². The minimum atomic E-state index is 0.142. The molecule has 3 rings (SSSR count). The maximum absolute atomic E-state index is 9.00. The predicted molar refractivity (Wildman–Crippen MR) is 95.0 cm³/mol. The van der Waals surface area contributed by atoms with Gasteiger partial charge in [0, 0.05) is 45.4 Å². The van der Waals surface area contributed by atoms with E-state index in [1.165, 1.54) is 39.0 Å². The lowest BCUT2D eigenvalue weighted by Gasteiger charge is -2.38. The molecular formula is C18H33N5O. The lowest BCUT2D eigenvalue weighted by molar-refractivity contribution is 0.101. The molecule has 0 unspecified atom stereocenters. The van der Waals surface area contributed by atoms with E-state index in [1.54, 1.807) is 0 Å². The first kappa shape index (κ1) is 17.8. The molecule has 6 heteroatoms. The van der Waals surface area contributed by atoms with E-state index in [0.29, 0.717) is 17.9 Å². The molecule has 0 amide bonds. The molecule has 0 aliphatic carbocycles. The van der Waals surface area contributed by atoms with Gasteiger partial charge in [0.15, 0.2) is 0 Å². The SMILES string of the molecule is CC(C)(CN1CCCC1)CN1CCC(n2cc(CCO)nn2)CC1. The first-order valence-electron chi connectivity index (χ1n) is 9.52. The van der Waals surface area contributed by atoms with Gasteiger partial charge in [0.05, 0.1) is 11.7 Å². The number of nitrogens with zero attached hydrogens (tertiary/aromatic N) is 5. The van der Waals surface area contributed by atoms with Crippen molar-refractivity contribution in [3.63, 3.8) is 0 Å². The molecule has 3 heterocycles. The Hall–Kier alpha value is -0.980. The molecule has 136 valence electrons. The molecule has 6 nitrogen and oxygen atoms in total. The number of piperidine rings is 1. The highest BCUT2D eigenvalue weighted by atomic mass is 16.3. The fourth-order valence-corrected chi connectivity index (χ4v) is 4.26. The Morgan fingerprint density at radius 2 is 1.71 bits per heavy atom. The van der Waals surface area contributed by atoms with Crippen LogP contribution in [0.15, 0.2) is 6.20 Å². The van der Waals surface area contributed by atoms with Gasteiger partial charge in [-0.15, -0.1) is 5.10 Å². The Balaban J connectivity index is 1.45. The lowest BCUT2D eigenvalue weighted by Crippen LogP contribution is -2.44. The van der Waals surface area contributed by atoms with E-state index >= 15 is 0 Å². The van der Waals surface area contributed by atoms with E-state index in [0.717, 1.165) is 31.6 Å². The molecule has 0 saturated carbocycles. The average Bonchev–Trinajstić information content (AvgIpc) is 3.19. The fourth-order valence-electron chi connectivity index (χ4n) is 4.26. The second-order valence-corrected chi connectivity index (χ2v) is 8.32. The zero-order valence-electron chi connectivity index (χ0n) is 15.3. The monoisotopic (exact) mass is 335 g/mol. The summed E-state index contributed by atoms with van der Waals surface area (Å²) in [5.74, 6) is 0. The van der Waals surface area contributed by atoms with Crippen LogP contribution in [0.1, 0.15) is 51.3 Å². The lowest BCUT2D eigenvalue weighted by atomic mass is 9.90. The normalized spacial score (nSPS) is 21.6. The Morgan fingerprint density at radius 3 is 2.33 bits per heavy atom. The van der Waals surface area contributed by atoms with Gasteiger partial charge >= 0.3 is 0 Å². The maximum Gasteiger partial charge on any atom is 0.0850 e. The second kappa shape index (κ2) is 7.93. The highest BCUT2D eigenvalue weighted by molar-refractivity contribution is 4.94. The summed E-state index contributed by atoms with van der Waals surface area (Å²) < 4.78 is 2.01. The van der Waals surface area contributed by atoms with Crippen LogP contribution in [0.2, 0.25) is 0 Å². The van der Waals surface area contributed by atoms with Crippen molar-refractivity contribution in [3.8, 4) is 0 Å². The first-order chi connectivity index (χ1) is 11.6. The van der Waals surface area contributed by atoms with Crippen molar-refractivity contribution in [1.29, 1.82) is 0 Å². The summed E-state index contributed by atoms with van der Waals surface area (Å²) in [6.45, 7) is 12.2. The average molecular weight is 335 g/mol. The summed E-state index contributed by atoms with van der Waals surface area (Å²) in [6.07, 6.45) is 7.64. The molecule has 0 radical (unpaired) electrons. The fraction of sp³-hybridized carbons (Fsp3) is 0.889. The molecule has 2 saturated heterocycles. The van der Waals surface area contributed by atoms with Gasteiger partial charge in [0.2, 0.25) is 0 Å². The highest BCUT2D eigenvalue weighted by Gasteiger charge is 2.29. The number of likely N-dealkylation sites (tertiary alicyclic amines) is 2. The van der Waals surface area contributed by atoms with Crippen LogP contribution < -0.4 is 0 Å². The smallest absolute Gasteiger partial charge is 0.0850 e. The Labute approximate surface area is 145 Å². The first-order valence-corrected chi connectivity index (χ1v) is 9.52. The molecule has 1 aromatic rings.